The lowest BCUT2D eigenvalue weighted by Gasteiger charge is -2.29. The predicted octanol–water partition coefficient (Wildman–Crippen LogP) is 7.28. The largest absolute Gasteiger partial charge is 0.507 e. The highest BCUT2D eigenvalue weighted by Gasteiger charge is 2.52. The molecule has 3 atom stereocenters. The minimum absolute atomic E-state index is 0.0943. The highest BCUT2D eigenvalue weighted by molar-refractivity contribution is 6.89. The van der Waals surface area contributed by atoms with Crippen LogP contribution in [0.3, 0.4) is 0 Å². The number of phenols is 2. The van der Waals surface area contributed by atoms with Crippen molar-refractivity contribution in [2.24, 2.45) is 15.9 Å². The number of hydrogen-bond donors (Lipinski definition) is 2. The molecule has 0 amide bonds. The topological polar surface area (TPSA) is 65.2 Å². The minimum Gasteiger partial charge on any atom is -0.507 e. The van der Waals surface area contributed by atoms with Crippen molar-refractivity contribution in [3.8, 4) is 11.5 Å². The maximum atomic E-state index is 11.2. The molecule has 2 bridgehead atoms. The maximum Gasteiger partial charge on any atom is 0.127 e. The van der Waals surface area contributed by atoms with Gasteiger partial charge < -0.3 is 10.2 Å². The second-order valence-electron chi connectivity index (χ2n) is 14.8. The summed E-state index contributed by atoms with van der Waals surface area (Å²) in [6, 6.07) is 8.84. The number of aliphatic imine (C=N–C) groups is 2. The number of hydrogen-bond acceptors (Lipinski definition) is 4. The molecule has 212 valence electrons. The quantitative estimate of drug-likeness (QED) is 0.262. The molecule has 4 nitrogen and oxygen atoms in total. The van der Waals surface area contributed by atoms with Gasteiger partial charge in [-0.15, -0.1) is 0 Å². The molecule has 0 spiro atoms. The van der Waals surface area contributed by atoms with Gasteiger partial charge in [0.2, 0.25) is 0 Å². The molecule has 0 heterocycles. The van der Waals surface area contributed by atoms with Gasteiger partial charge in [-0.05, 0) is 54.6 Å². The zero-order valence-corrected chi connectivity index (χ0v) is 27.9. The molecular formula is C33H50N2O2Si2. The van der Waals surface area contributed by atoms with Gasteiger partial charge in [-0.1, -0.05) is 102 Å². The van der Waals surface area contributed by atoms with Crippen molar-refractivity contribution < 1.29 is 10.2 Å². The van der Waals surface area contributed by atoms with E-state index in [1.807, 2.05) is 12.4 Å². The van der Waals surface area contributed by atoms with Gasteiger partial charge in [0.05, 0.1) is 27.7 Å². The number of phenolic OH excluding ortho intramolecular Hbond substituents is 2. The van der Waals surface area contributed by atoms with Crippen LogP contribution in [-0.2, 0) is 0 Å². The van der Waals surface area contributed by atoms with Crippen molar-refractivity contribution >= 4 is 39.0 Å². The summed E-state index contributed by atoms with van der Waals surface area (Å²) in [6.45, 7) is 22.7. The van der Waals surface area contributed by atoms with Gasteiger partial charge in [0.1, 0.15) is 11.5 Å². The number of nitrogens with zero attached hydrogens (tertiary/aromatic N) is 2. The van der Waals surface area contributed by atoms with Crippen LogP contribution in [0.1, 0.15) is 87.5 Å². The molecule has 6 heteroatoms. The maximum absolute atomic E-state index is 11.2. The summed E-state index contributed by atoms with van der Waals surface area (Å²) in [6.07, 6.45) is 8.18. The second-order valence-corrected chi connectivity index (χ2v) is 25.0. The van der Waals surface area contributed by atoms with Gasteiger partial charge in [-0.25, -0.2) is 0 Å². The van der Waals surface area contributed by atoms with Gasteiger partial charge in [-0.2, -0.15) is 0 Å². The fourth-order valence-electron chi connectivity index (χ4n) is 6.27. The Balaban J connectivity index is 1.70. The normalized spacial score (nSPS) is 23.8. The van der Waals surface area contributed by atoms with Crippen LogP contribution < -0.4 is 10.4 Å². The highest BCUT2D eigenvalue weighted by atomic mass is 28.3. The van der Waals surface area contributed by atoms with E-state index < -0.39 is 16.1 Å². The molecule has 0 radical (unpaired) electrons. The first-order valence-electron chi connectivity index (χ1n) is 14.8. The Morgan fingerprint density at radius 2 is 1.28 bits per heavy atom. The zero-order chi connectivity index (χ0) is 28.9. The molecule has 2 aromatic rings. The Hall–Kier alpha value is -2.19. The molecule has 2 aromatic carbocycles. The average Bonchev–Trinajstić information content (AvgIpc) is 3.39. The minimum atomic E-state index is -1.56. The monoisotopic (exact) mass is 562 g/mol. The first-order chi connectivity index (χ1) is 18.0. The summed E-state index contributed by atoms with van der Waals surface area (Å²) >= 11 is 0. The van der Waals surface area contributed by atoms with E-state index in [1.54, 1.807) is 0 Å². The van der Waals surface area contributed by atoms with Crippen LogP contribution in [0.25, 0.3) is 0 Å². The summed E-state index contributed by atoms with van der Waals surface area (Å²) in [5.74, 6) is 1.88. The van der Waals surface area contributed by atoms with Gasteiger partial charge in [0, 0.05) is 23.6 Å². The van der Waals surface area contributed by atoms with Gasteiger partial charge in [0.15, 0.2) is 0 Å². The van der Waals surface area contributed by atoms with E-state index in [9.17, 15) is 10.2 Å². The Kier molecular flexibility index (Phi) is 8.14. The summed E-state index contributed by atoms with van der Waals surface area (Å²) in [5, 5.41) is 25.0. The van der Waals surface area contributed by atoms with Gasteiger partial charge >= 0.3 is 0 Å². The Morgan fingerprint density at radius 3 is 1.72 bits per heavy atom. The first-order valence-corrected chi connectivity index (χ1v) is 21.8. The lowest BCUT2D eigenvalue weighted by atomic mass is 9.89. The van der Waals surface area contributed by atoms with Crippen molar-refractivity contribution in [2.75, 3.05) is 0 Å². The van der Waals surface area contributed by atoms with Crippen molar-refractivity contribution in [3.63, 3.8) is 0 Å². The van der Waals surface area contributed by atoms with E-state index >= 15 is 0 Å². The average molecular weight is 563 g/mol. The molecule has 2 N–H and O–H groups in total. The van der Waals surface area contributed by atoms with Crippen LogP contribution in [0.2, 0.25) is 39.3 Å². The summed E-state index contributed by atoms with van der Waals surface area (Å²) in [7, 11) is -3.12. The lowest BCUT2D eigenvalue weighted by Crippen LogP contribution is -2.38. The SMILES string of the molecule is CC(C)c1cc([Si](C)(C)C)cc(C=NC2CC3CCC2(N=Cc2cc([Si](C)(C)C)cc(C(C)C)c2O)C3)c1O. The molecule has 4 rings (SSSR count). The van der Waals surface area contributed by atoms with Crippen molar-refractivity contribution in [2.45, 2.75) is 116 Å². The molecule has 39 heavy (non-hydrogen) atoms. The standard InChI is InChI=1S/C33H50N2O2Si2/c1-21(2)28-16-26(38(5,6)7)14-24(31(28)36)19-34-30-13-23-11-12-33(30,18-23)35-20-25-15-27(39(8,9)10)17-29(22(3)4)32(25)37/h14-17,19-23,30,36-37H,11-13,18H2,1-10H3. The number of fused-ring (bicyclic) bond motifs is 2. The first kappa shape index (κ1) is 29.8. The highest BCUT2D eigenvalue weighted by Crippen LogP contribution is 2.51. The fourth-order valence-corrected chi connectivity index (χ4v) is 8.63. The predicted molar refractivity (Wildman–Crippen MR) is 174 cm³/mol. The summed E-state index contributed by atoms with van der Waals surface area (Å²) in [4.78, 5) is 10.4. The molecule has 2 saturated carbocycles. The van der Waals surface area contributed by atoms with Crippen LogP contribution in [0.5, 0.6) is 11.5 Å². The van der Waals surface area contributed by atoms with Crippen LogP contribution in [0.15, 0.2) is 34.3 Å². The third-order valence-corrected chi connectivity index (χ3v) is 13.0. The molecule has 2 fully saturated rings. The van der Waals surface area contributed by atoms with Crippen LogP contribution in [0, 0.1) is 5.92 Å². The molecule has 3 unspecified atom stereocenters. The van der Waals surface area contributed by atoms with Gasteiger partial charge in [-0.3, -0.25) is 9.98 Å². The van der Waals surface area contributed by atoms with Crippen molar-refractivity contribution in [1.29, 1.82) is 0 Å². The Labute approximate surface area is 238 Å². The number of aromatic hydroxyl groups is 2. The Bertz CT molecular complexity index is 1280. The van der Waals surface area contributed by atoms with Crippen molar-refractivity contribution in [1.82, 2.24) is 0 Å². The van der Waals surface area contributed by atoms with Crippen LogP contribution >= 0.6 is 0 Å². The third-order valence-electron chi connectivity index (χ3n) is 8.97. The smallest absolute Gasteiger partial charge is 0.127 e. The molecule has 2 aliphatic carbocycles. The zero-order valence-electron chi connectivity index (χ0n) is 25.9. The van der Waals surface area contributed by atoms with Gasteiger partial charge in [0.25, 0.3) is 0 Å². The molecule has 0 aliphatic heterocycles. The van der Waals surface area contributed by atoms with E-state index in [-0.39, 0.29) is 23.4 Å². The van der Waals surface area contributed by atoms with Crippen LogP contribution in [0.4, 0.5) is 0 Å². The Morgan fingerprint density at radius 1 is 0.795 bits per heavy atom. The second kappa shape index (κ2) is 10.7. The molecule has 2 aliphatic rings. The number of benzene rings is 2. The van der Waals surface area contributed by atoms with Crippen LogP contribution in [-0.4, -0.2) is 50.4 Å². The summed E-state index contributed by atoms with van der Waals surface area (Å²) in [5.41, 5.74) is 3.47. The lowest BCUT2D eigenvalue weighted by molar-refractivity contribution is 0.367. The van der Waals surface area contributed by atoms with E-state index in [0.29, 0.717) is 17.4 Å². The molecule has 0 saturated heterocycles. The van der Waals surface area contributed by atoms with E-state index in [0.717, 1.165) is 41.5 Å². The summed E-state index contributed by atoms with van der Waals surface area (Å²) < 4.78 is 0. The van der Waals surface area contributed by atoms with E-state index in [1.165, 1.54) is 16.8 Å². The molecular weight excluding hydrogens is 513 g/mol. The number of rotatable bonds is 8. The van der Waals surface area contributed by atoms with E-state index in [4.69, 9.17) is 9.98 Å². The fraction of sp³-hybridized carbons (Fsp3) is 0.576. The van der Waals surface area contributed by atoms with E-state index in [2.05, 4.69) is 91.2 Å². The van der Waals surface area contributed by atoms with Crippen molar-refractivity contribution in [3.05, 3.63) is 46.5 Å². The molecule has 0 aromatic heterocycles. The third kappa shape index (κ3) is 6.12.